The molecule has 0 aliphatic carbocycles. The molecule has 0 radical (unpaired) electrons. The summed E-state index contributed by atoms with van der Waals surface area (Å²) in [6.45, 7) is 0.0697. The second-order valence-electron chi connectivity index (χ2n) is 5.44. The van der Waals surface area contributed by atoms with Gasteiger partial charge in [0.2, 0.25) is 0 Å². The van der Waals surface area contributed by atoms with Crippen molar-refractivity contribution in [1.29, 1.82) is 0 Å². The number of halogens is 1. The third kappa shape index (κ3) is 3.22. The maximum Gasteiger partial charge on any atom is 0.337 e. The largest absolute Gasteiger partial charge is 0.466 e. The van der Waals surface area contributed by atoms with Crippen LogP contribution >= 0.6 is 15.9 Å². The van der Waals surface area contributed by atoms with Crippen molar-refractivity contribution in [1.82, 2.24) is 9.88 Å². The Morgan fingerprint density at radius 1 is 1.40 bits per heavy atom. The summed E-state index contributed by atoms with van der Waals surface area (Å²) < 4.78 is 5.67. The number of nitrogens with one attached hydrogen (secondary N) is 1. The van der Waals surface area contributed by atoms with Crippen LogP contribution in [0, 0.1) is 0 Å². The number of aliphatic hydroxyl groups excluding tert-OH is 1. The zero-order chi connectivity index (χ0) is 18.0. The number of esters is 1. The van der Waals surface area contributed by atoms with Gasteiger partial charge in [-0.15, -0.1) is 0 Å². The van der Waals surface area contributed by atoms with Crippen LogP contribution < -0.4 is 5.32 Å². The lowest BCUT2D eigenvalue weighted by atomic mass is 10.1. The minimum atomic E-state index is -0.570. The van der Waals surface area contributed by atoms with Crippen LogP contribution in [0.15, 0.2) is 46.3 Å². The normalized spacial score (nSPS) is 14.4. The maximum absolute atomic E-state index is 12.6. The van der Waals surface area contributed by atoms with Gasteiger partial charge in [-0.1, -0.05) is 15.9 Å². The topological polar surface area (TPSA) is 91.8 Å². The molecule has 1 aliphatic rings. The van der Waals surface area contributed by atoms with Gasteiger partial charge in [-0.25, -0.2) is 4.79 Å². The first-order valence-corrected chi connectivity index (χ1v) is 8.37. The Hall–Kier alpha value is -2.45. The van der Waals surface area contributed by atoms with Crippen molar-refractivity contribution in [3.63, 3.8) is 0 Å². The number of pyridine rings is 1. The number of methoxy groups -OCH3 is 1. The van der Waals surface area contributed by atoms with Gasteiger partial charge in [0.15, 0.2) is 0 Å². The van der Waals surface area contributed by atoms with E-state index < -0.39 is 5.97 Å². The number of hydrogen-bond donors (Lipinski definition) is 2. The highest BCUT2D eigenvalue weighted by Crippen LogP contribution is 2.31. The van der Waals surface area contributed by atoms with E-state index in [1.54, 1.807) is 12.4 Å². The fourth-order valence-electron chi connectivity index (χ4n) is 2.75. The van der Waals surface area contributed by atoms with E-state index >= 15 is 0 Å². The lowest BCUT2D eigenvalue weighted by molar-refractivity contribution is -0.136. The fraction of sp³-hybridized carbons (Fsp3) is 0.235. The van der Waals surface area contributed by atoms with E-state index in [1.165, 1.54) is 12.0 Å². The monoisotopic (exact) mass is 405 g/mol. The Bertz CT molecular complexity index is 881. The molecular weight excluding hydrogens is 390 g/mol. The summed E-state index contributed by atoms with van der Waals surface area (Å²) in [7, 11) is 1.27. The summed E-state index contributed by atoms with van der Waals surface area (Å²) in [4.78, 5) is 30.2. The highest BCUT2D eigenvalue weighted by atomic mass is 79.9. The van der Waals surface area contributed by atoms with Crippen molar-refractivity contribution >= 4 is 44.3 Å². The van der Waals surface area contributed by atoms with Gasteiger partial charge in [-0.05, 0) is 18.2 Å². The van der Waals surface area contributed by atoms with Crippen LogP contribution in [0.25, 0.3) is 10.8 Å². The standard InChI is InChI=1S/C17H16BrN3O4/c1-25-17(24)12-9-21(6-7-22)16(23)15(12)20-14-3-2-13(18)11-8-19-5-4-10(11)14/h2-5,8,20,22H,6-7,9H2,1H3. The molecule has 2 N–H and O–H groups in total. The minimum absolute atomic E-state index is 0.102. The molecule has 8 heteroatoms. The SMILES string of the molecule is COC(=O)C1=C(Nc2ccc(Br)c3cnccc23)C(=O)N(CCO)C1. The van der Waals surface area contributed by atoms with E-state index in [1.807, 2.05) is 18.2 Å². The lowest BCUT2D eigenvalue weighted by Gasteiger charge is -2.15. The average molecular weight is 406 g/mol. The van der Waals surface area contributed by atoms with Crippen LogP contribution in [0.3, 0.4) is 0 Å². The highest BCUT2D eigenvalue weighted by molar-refractivity contribution is 9.10. The summed E-state index contributed by atoms with van der Waals surface area (Å²) in [5.41, 5.74) is 1.09. The van der Waals surface area contributed by atoms with E-state index in [9.17, 15) is 9.59 Å². The second kappa shape index (κ2) is 7.20. The molecule has 2 aromatic rings. The van der Waals surface area contributed by atoms with E-state index in [2.05, 4.69) is 26.2 Å². The van der Waals surface area contributed by atoms with Gasteiger partial charge >= 0.3 is 5.97 Å². The number of aliphatic hydroxyl groups is 1. The number of aromatic nitrogens is 1. The predicted molar refractivity (Wildman–Crippen MR) is 95.8 cm³/mol. The quantitative estimate of drug-likeness (QED) is 0.735. The van der Waals surface area contributed by atoms with Crippen LogP contribution in [0.2, 0.25) is 0 Å². The Morgan fingerprint density at radius 3 is 2.92 bits per heavy atom. The molecule has 3 rings (SSSR count). The van der Waals surface area contributed by atoms with Gasteiger partial charge < -0.3 is 20.1 Å². The number of β-amino-alcohol motifs (C(OH)–C–C–N with tert-alkyl or cyclic N) is 1. The molecule has 0 spiro atoms. The van der Waals surface area contributed by atoms with Gasteiger partial charge in [0.25, 0.3) is 5.91 Å². The molecule has 0 fully saturated rings. The summed E-state index contributed by atoms with van der Waals surface area (Å²) >= 11 is 3.48. The number of rotatable bonds is 5. The van der Waals surface area contributed by atoms with E-state index in [4.69, 9.17) is 9.84 Å². The number of hydrogen-bond acceptors (Lipinski definition) is 6. The first-order valence-electron chi connectivity index (χ1n) is 7.57. The molecule has 130 valence electrons. The molecule has 0 unspecified atom stereocenters. The zero-order valence-electron chi connectivity index (χ0n) is 13.5. The molecular formula is C17H16BrN3O4. The predicted octanol–water partition coefficient (Wildman–Crippen LogP) is 1.67. The Kier molecular flexibility index (Phi) is 5.00. The summed E-state index contributed by atoms with van der Waals surface area (Å²) in [5, 5.41) is 13.9. The molecule has 0 atom stereocenters. The maximum atomic E-state index is 12.6. The second-order valence-corrected chi connectivity index (χ2v) is 6.29. The van der Waals surface area contributed by atoms with Gasteiger partial charge in [0, 0.05) is 39.9 Å². The molecule has 2 heterocycles. The summed E-state index contributed by atoms with van der Waals surface area (Å²) in [6.07, 6.45) is 3.37. The van der Waals surface area contributed by atoms with Crippen molar-refractivity contribution in [3.05, 3.63) is 46.3 Å². The van der Waals surface area contributed by atoms with Crippen LogP contribution in [-0.2, 0) is 14.3 Å². The van der Waals surface area contributed by atoms with Gasteiger partial charge in [0.05, 0.1) is 25.8 Å². The molecule has 0 saturated heterocycles. The number of carbonyl (C=O) groups excluding carboxylic acids is 2. The van der Waals surface area contributed by atoms with Crippen LogP contribution in [0.4, 0.5) is 5.69 Å². The zero-order valence-corrected chi connectivity index (χ0v) is 15.0. The first kappa shape index (κ1) is 17.4. The number of ether oxygens (including phenoxy) is 1. The number of fused-ring (bicyclic) bond motifs is 1. The molecule has 0 saturated carbocycles. The summed E-state index contributed by atoms with van der Waals surface area (Å²) in [6, 6.07) is 5.48. The third-order valence-corrected chi connectivity index (χ3v) is 4.67. The first-order chi connectivity index (χ1) is 12.1. The molecule has 0 bridgehead atoms. The molecule has 7 nitrogen and oxygen atoms in total. The highest BCUT2D eigenvalue weighted by Gasteiger charge is 2.34. The molecule has 1 aromatic heterocycles. The minimum Gasteiger partial charge on any atom is -0.466 e. The van der Waals surface area contributed by atoms with Crippen molar-refractivity contribution in [2.75, 3.05) is 32.1 Å². The van der Waals surface area contributed by atoms with Crippen molar-refractivity contribution in [3.8, 4) is 0 Å². The number of benzene rings is 1. The fourth-order valence-corrected chi connectivity index (χ4v) is 3.20. The lowest BCUT2D eigenvalue weighted by Crippen LogP contribution is -2.31. The number of nitrogens with zero attached hydrogens (tertiary/aromatic N) is 2. The van der Waals surface area contributed by atoms with Crippen molar-refractivity contribution < 1.29 is 19.4 Å². The molecule has 25 heavy (non-hydrogen) atoms. The van der Waals surface area contributed by atoms with E-state index in [0.29, 0.717) is 5.69 Å². The van der Waals surface area contributed by atoms with Gasteiger partial charge in [0.1, 0.15) is 5.70 Å². The Morgan fingerprint density at radius 2 is 2.20 bits per heavy atom. The van der Waals surface area contributed by atoms with E-state index in [0.717, 1.165) is 15.2 Å². The van der Waals surface area contributed by atoms with Crippen LogP contribution in [0.5, 0.6) is 0 Å². The summed E-state index contributed by atoms with van der Waals surface area (Å²) in [5.74, 6) is -0.918. The van der Waals surface area contributed by atoms with Crippen LogP contribution in [-0.4, -0.2) is 53.7 Å². The Balaban J connectivity index is 2.04. The van der Waals surface area contributed by atoms with Crippen molar-refractivity contribution in [2.45, 2.75) is 0 Å². The molecule has 1 amide bonds. The average Bonchev–Trinajstić information content (AvgIpc) is 2.93. The number of amides is 1. The van der Waals surface area contributed by atoms with E-state index in [-0.39, 0.29) is 36.9 Å². The van der Waals surface area contributed by atoms with Crippen molar-refractivity contribution in [2.24, 2.45) is 0 Å². The smallest absolute Gasteiger partial charge is 0.337 e. The van der Waals surface area contributed by atoms with Gasteiger partial charge in [-0.2, -0.15) is 0 Å². The Labute approximate surface area is 152 Å². The third-order valence-electron chi connectivity index (χ3n) is 3.98. The number of anilines is 1. The van der Waals surface area contributed by atoms with Gasteiger partial charge in [-0.3, -0.25) is 9.78 Å². The molecule has 1 aliphatic heterocycles. The van der Waals surface area contributed by atoms with Crippen LogP contribution in [0.1, 0.15) is 0 Å². The molecule has 1 aromatic carbocycles. The number of carbonyl (C=O) groups is 2.